The van der Waals surface area contributed by atoms with E-state index in [0.29, 0.717) is 5.57 Å². The number of aliphatic hydroxyl groups is 1. The van der Waals surface area contributed by atoms with Gasteiger partial charge in [0.05, 0.1) is 0 Å². The molecule has 0 bridgehead atoms. The number of nitrogens with one attached hydrogen (secondary N) is 2. The average molecular weight is 282 g/mol. The van der Waals surface area contributed by atoms with Gasteiger partial charge in [-0.15, -0.1) is 0 Å². The zero-order chi connectivity index (χ0) is 15.5. The Hall–Kier alpha value is -2.82. The van der Waals surface area contributed by atoms with Crippen LogP contribution < -0.4 is 11.5 Å². The largest absolute Gasteiger partial charge is 0.512 e. The monoisotopic (exact) mass is 282 g/mol. The lowest BCUT2D eigenvalue weighted by atomic mass is 9.77. The summed E-state index contributed by atoms with van der Waals surface area (Å²) in [6, 6.07) is 9.71. The van der Waals surface area contributed by atoms with Gasteiger partial charge < -0.3 is 16.6 Å². The molecular formula is C16H18N4O. The highest BCUT2D eigenvalue weighted by molar-refractivity contribution is 6.08. The first-order chi connectivity index (χ1) is 9.95. The molecule has 1 aliphatic carbocycles. The molecule has 1 aromatic rings. The van der Waals surface area contributed by atoms with Crippen LogP contribution in [0.5, 0.6) is 0 Å². The lowest BCUT2D eigenvalue weighted by Crippen LogP contribution is -2.46. The molecule has 21 heavy (non-hydrogen) atoms. The predicted octanol–water partition coefficient (Wildman–Crippen LogP) is 2.33. The van der Waals surface area contributed by atoms with Gasteiger partial charge in [-0.3, -0.25) is 10.8 Å². The Kier molecular flexibility index (Phi) is 3.93. The first kappa shape index (κ1) is 14.6. The minimum atomic E-state index is -1.21. The number of benzene rings is 1. The maximum atomic E-state index is 10.2. The molecule has 108 valence electrons. The lowest BCUT2D eigenvalue weighted by molar-refractivity contribution is 0.362. The Morgan fingerprint density at radius 2 is 1.71 bits per heavy atom. The molecule has 1 aromatic carbocycles. The van der Waals surface area contributed by atoms with Crippen molar-refractivity contribution in [1.29, 1.82) is 10.8 Å². The van der Waals surface area contributed by atoms with Gasteiger partial charge in [-0.2, -0.15) is 0 Å². The van der Waals surface area contributed by atoms with E-state index in [1.807, 2.05) is 36.4 Å². The van der Waals surface area contributed by atoms with Crippen LogP contribution in [0.15, 0.2) is 59.9 Å². The van der Waals surface area contributed by atoms with Gasteiger partial charge in [-0.25, -0.2) is 0 Å². The van der Waals surface area contributed by atoms with Crippen LogP contribution in [0.2, 0.25) is 0 Å². The average Bonchev–Trinajstić information content (AvgIpc) is 2.46. The van der Waals surface area contributed by atoms with E-state index in [2.05, 4.69) is 0 Å². The molecule has 7 N–H and O–H groups in total. The van der Waals surface area contributed by atoms with Crippen molar-refractivity contribution in [3.05, 3.63) is 65.5 Å². The molecule has 0 saturated carbocycles. The van der Waals surface area contributed by atoms with Crippen LogP contribution in [-0.4, -0.2) is 16.8 Å². The third-order valence-electron chi connectivity index (χ3n) is 3.54. The third-order valence-corrected chi connectivity index (χ3v) is 3.54. The van der Waals surface area contributed by atoms with Gasteiger partial charge in [0.15, 0.2) is 0 Å². The molecule has 0 fully saturated rings. The van der Waals surface area contributed by atoms with Crippen LogP contribution in [0.1, 0.15) is 12.0 Å². The molecular weight excluding hydrogens is 264 g/mol. The number of nitrogens with two attached hydrogens (primary N) is 2. The smallest absolute Gasteiger partial charge is 0.109 e. The quantitative estimate of drug-likeness (QED) is 0.430. The Balaban J connectivity index is 2.26. The van der Waals surface area contributed by atoms with Gasteiger partial charge in [0.1, 0.15) is 22.8 Å². The number of hydrogen-bond donors (Lipinski definition) is 5. The van der Waals surface area contributed by atoms with E-state index in [1.165, 1.54) is 0 Å². The van der Waals surface area contributed by atoms with E-state index in [-0.39, 0.29) is 23.9 Å². The van der Waals surface area contributed by atoms with Crippen molar-refractivity contribution in [2.75, 3.05) is 0 Å². The fourth-order valence-corrected chi connectivity index (χ4v) is 2.17. The Morgan fingerprint density at radius 1 is 1.10 bits per heavy atom. The van der Waals surface area contributed by atoms with E-state index < -0.39 is 5.41 Å². The SMILES string of the molecule is N=C(N)C1(C(=N)N)C=CC(C=Cc2ccccc2)=C(O)C1. The van der Waals surface area contributed by atoms with Crippen LogP contribution in [0.25, 0.3) is 6.08 Å². The van der Waals surface area contributed by atoms with Crippen LogP contribution in [0, 0.1) is 16.2 Å². The summed E-state index contributed by atoms with van der Waals surface area (Å²) in [5.74, 6) is -0.428. The van der Waals surface area contributed by atoms with Gasteiger partial charge in [-0.1, -0.05) is 54.6 Å². The van der Waals surface area contributed by atoms with Crippen molar-refractivity contribution in [2.24, 2.45) is 16.9 Å². The summed E-state index contributed by atoms with van der Waals surface area (Å²) in [4.78, 5) is 0. The minimum Gasteiger partial charge on any atom is -0.512 e. The molecule has 0 radical (unpaired) electrons. The second-order valence-corrected chi connectivity index (χ2v) is 4.95. The molecule has 5 nitrogen and oxygen atoms in total. The Bertz CT molecular complexity index is 642. The van der Waals surface area contributed by atoms with Gasteiger partial charge in [-0.05, 0) is 5.56 Å². The molecule has 0 aromatic heterocycles. The highest BCUT2D eigenvalue weighted by Crippen LogP contribution is 2.33. The topological polar surface area (TPSA) is 120 Å². The van der Waals surface area contributed by atoms with Crippen molar-refractivity contribution in [3.8, 4) is 0 Å². The van der Waals surface area contributed by atoms with E-state index in [4.69, 9.17) is 22.3 Å². The Labute approximate surface area is 123 Å². The summed E-state index contributed by atoms with van der Waals surface area (Å²) in [7, 11) is 0. The van der Waals surface area contributed by atoms with Gasteiger partial charge in [0, 0.05) is 12.0 Å². The van der Waals surface area contributed by atoms with Gasteiger partial charge in [0.2, 0.25) is 0 Å². The predicted molar refractivity (Wildman–Crippen MR) is 85.1 cm³/mol. The second kappa shape index (κ2) is 5.66. The molecule has 2 rings (SSSR count). The summed E-state index contributed by atoms with van der Waals surface area (Å²) in [6.45, 7) is 0. The first-order valence-corrected chi connectivity index (χ1v) is 6.49. The number of hydrogen-bond acceptors (Lipinski definition) is 3. The maximum Gasteiger partial charge on any atom is 0.109 e. The number of allylic oxidation sites excluding steroid dienone is 4. The minimum absolute atomic E-state index is 0.0304. The molecule has 0 atom stereocenters. The van der Waals surface area contributed by atoms with Crippen LogP contribution in [0.4, 0.5) is 0 Å². The molecule has 0 amide bonds. The number of aliphatic hydroxyl groups excluding tert-OH is 1. The molecule has 1 aliphatic rings. The van der Waals surface area contributed by atoms with Gasteiger partial charge in [0.25, 0.3) is 0 Å². The summed E-state index contributed by atoms with van der Waals surface area (Å²) >= 11 is 0. The molecule has 0 heterocycles. The van der Waals surface area contributed by atoms with Crippen LogP contribution in [0.3, 0.4) is 0 Å². The van der Waals surface area contributed by atoms with Crippen molar-refractivity contribution in [2.45, 2.75) is 6.42 Å². The molecule has 0 unspecified atom stereocenters. The van der Waals surface area contributed by atoms with Crippen molar-refractivity contribution in [1.82, 2.24) is 0 Å². The third kappa shape index (κ3) is 2.86. The normalized spacial score (nSPS) is 21.7. The second-order valence-electron chi connectivity index (χ2n) is 4.95. The zero-order valence-electron chi connectivity index (χ0n) is 11.5. The van der Waals surface area contributed by atoms with E-state index in [0.717, 1.165) is 5.56 Å². The standard InChI is InChI=1S/C16H18N4O/c17-14(18)16(15(19)20)9-8-12(13(21)10-16)7-6-11-4-2-1-3-5-11/h1-9,21H,10H2,(H3,17,18)(H3,19,20). The van der Waals surface area contributed by atoms with Crippen LogP contribution in [-0.2, 0) is 0 Å². The molecule has 5 heteroatoms. The molecule has 0 aliphatic heterocycles. The molecule has 0 spiro atoms. The fourth-order valence-electron chi connectivity index (χ4n) is 2.17. The summed E-state index contributed by atoms with van der Waals surface area (Å²) in [5.41, 5.74) is 11.5. The highest BCUT2D eigenvalue weighted by atomic mass is 16.3. The van der Waals surface area contributed by atoms with E-state index in [1.54, 1.807) is 18.2 Å². The Morgan fingerprint density at radius 3 is 2.24 bits per heavy atom. The van der Waals surface area contributed by atoms with Crippen LogP contribution >= 0.6 is 0 Å². The first-order valence-electron chi connectivity index (χ1n) is 6.49. The van der Waals surface area contributed by atoms with Crippen molar-refractivity contribution >= 4 is 17.7 Å². The van der Waals surface area contributed by atoms with E-state index in [9.17, 15) is 5.11 Å². The summed E-state index contributed by atoms with van der Waals surface area (Å²) in [6.07, 6.45) is 6.93. The zero-order valence-corrected chi connectivity index (χ0v) is 11.5. The van der Waals surface area contributed by atoms with Crippen molar-refractivity contribution < 1.29 is 5.11 Å². The van der Waals surface area contributed by atoms with E-state index >= 15 is 0 Å². The maximum absolute atomic E-state index is 10.2. The highest BCUT2D eigenvalue weighted by Gasteiger charge is 2.38. The van der Waals surface area contributed by atoms with Gasteiger partial charge >= 0.3 is 0 Å². The van der Waals surface area contributed by atoms with Crippen molar-refractivity contribution in [3.63, 3.8) is 0 Å². The number of amidine groups is 2. The summed E-state index contributed by atoms with van der Waals surface area (Å²) in [5, 5.41) is 25.4. The lowest BCUT2D eigenvalue weighted by Gasteiger charge is -2.30. The molecule has 0 saturated heterocycles. The summed E-state index contributed by atoms with van der Waals surface area (Å²) < 4.78 is 0. The number of rotatable bonds is 4. The fraction of sp³-hybridized carbons (Fsp3) is 0.125.